The standard InChI is InChI=1S/C17H30N4O/c1-6-15-11-20(9-10-21(15)12(2)3)17(22)8-7-16-13(4)18-19-14(16)5/h12,15H,6-11H2,1-5H3,(H,18,19)/t15-/m1/s1. The van der Waals surface area contributed by atoms with E-state index in [2.05, 4.69) is 40.8 Å². The molecule has 1 aliphatic rings. The van der Waals surface area contributed by atoms with Gasteiger partial charge in [0, 0.05) is 43.8 Å². The predicted molar refractivity (Wildman–Crippen MR) is 88.9 cm³/mol. The van der Waals surface area contributed by atoms with Crippen LogP contribution >= 0.6 is 0 Å². The molecule has 0 unspecified atom stereocenters. The molecule has 1 aromatic rings. The quantitative estimate of drug-likeness (QED) is 0.908. The largest absolute Gasteiger partial charge is 0.340 e. The molecule has 0 aromatic carbocycles. The highest BCUT2D eigenvalue weighted by molar-refractivity contribution is 5.76. The molecular weight excluding hydrogens is 276 g/mol. The fourth-order valence-corrected chi connectivity index (χ4v) is 3.47. The third-order valence-electron chi connectivity index (χ3n) is 4.89. The number of aromatic amines is 1. The Morgan fingerprint density at radius 3 is 2.64 bits per heavy atom. The second-order valence-electron chi connectivity index (χ2n) is 6.65. The van der Waals surface area contributed by atoms with Crippen LogP contribution in [0.2, 0.25) is 0 Å². The summed E-state index contributed by atoms with van der Waals surface area (Å²) in [6.45, 7) is 13.4. The number of piperazine rings is 1. The molecule has 1 amide bonds. The molecule has 1 aliphatic heterocycles. The highest BCUT2D eigenvalue weighted by Crippen LogP contribution is 2.18. The SMILES string of the molecule is CC[C@@H]1CN(C(=O)CCc2c(C)n[nH]c2C)CCN1C(C)C. The first-order chi connectivity index (χ1) is 10.4. The van der Waals surface area contributed by atoms with E-state index in [9.17, 15) is 4.79 Å². The minimum absolute atomic E-state index is 0.279. The summed E-state index contributed by atoms with van der Waals surface area (Å²) in [5.41, 5.74) is 3.30. The van der Waals surface area contributed by atoms with Gasteiger partial charge in [-0.05, 0) is 46.1 Å². The van der Waals surface area contributed by atoms with Gasteiger partial charge in [-0.15, -0.1) is 0 Å². The van der Waals surface area contributed by atoms with E-state index < -0.39 is 0 Å². The average molecular weight is 306 g/mol. The van der Waals surface area contributed by atoms with E-state index in [0.29, 0.717) is 18.5 Å². The molecule has 1 atom stereocenters. The number of carbonyl (C=O) groups is 1. The van der Waals surface area contributed by atoms with Gasteiger partial charge in [0.25, 0.3) is 0 Å². The highest BCUT2D eigenvalue weighted by atomic mass is 16.2. The maximum atomic E-state index is 12.5. The molecular formula is C17H30N4O. The van der Waals surface area contributed by atoms with Crippen molar-refractivity contribution >= 4 is 5.91 Å². The Hall–Kier alpha value is -1.36. The fraction of sp³-hybridized carbons (Fsp3) is 0.765. The summed E-state index contributed by atoms with van der Waals surface area (Å²) < 4.78 is 0. The van der Waals surface area contributed by atoms with Crippen LogP contribution in [0.25, 0.3) is 0 Å². The van der Waals surface area contributed by atoms with Gasteiger partial charge in [-0.25, -0.2) is 0 Å². The Kier molecular flexibility index (Phi) is 5.62. The first kappa shape index (κ1) is 17.0. The van der Waals surface area contributed by atoms with Crippen LogP contribution < -0.4 is 0 Å². The van der Waals surface area contributed by atoms with Crippen LogP contribution in [-0.2, 0) is 11.2 Å². The predicted octanol–water partition coefficient (Wildman–Crippen LogP) is 2.29. The van der Waals surface area contributed by atoms with E-state index in [1.807, 2.05) is 13.8 Å². The van der Waals surface area contributed by atoms with E-state index in [-0.39, 0.29) is 5.91 Å². The molecule has 124 valence electrons. The number of rotatable bonds is 5. The molecule has 5 nitrogen and oxygen atoms in total. The van der Waals surface area contributed by atoms with E-state index in [4.69, 9.17) is 0 Å². The molecule has 1 aromatic heterocycles. The van der Waals surface area contributed by atoms with Gasteiger partial charge in [-0.1, -0.05) is 6.92 Å². The van der Waals surface area contributed by atoms with Crippen molar-refractivity contribution in [1.82, 2.24) is 20.0 Å². The monoisotopic (exact) mass is 306 g/mol. The number of H-pyrrole nitrogens is 1. The number of carbonyl (C=O) groups excluding carboxylic acids is 1. The zero-order chi connectivity index (χ0) is 16.3. The van der Waals surface area contributed by atoms with E-state index >= 15 is 0 Å². The Bertz CT molecular complexity index is 489. The van der Waals surface area contributed by atoms with Gasteiger partial charge >= 0.3 is 0 Å². The number of hydrogen-bond donors (Lipinski definition) is 1. The molecule has 1 saturated heterocycles. The van der Waals surface area contributed by atoms with Gasteiger partial charge in [-0.2, -0.15) is 5.10 Å². The van der Waals surface area contributed by atoms with Crippen LogP contribution in [0.15, 0.2) is 0 Å². The number of nitrogens with one attached hydrogen (secondary N) is 1. The van der Waals surface area contributed by atoms with E-state index in [0.717, 1.165) is 43.9 Å². The second-order valence-corrected chi connectivity index (χ2v) is 6.65. The van der Waals surface area contributed by atoms with Crippen molar-refractivity contribution in [3.05, 3.63) is 17.0 Å². The molecule has 2 heterocycles. The van der Waals surface area contributed by atoms with Crippen molar-refractivity contribution in [3.63, 3.8) is 0 Å². The normalized spacial score (nSPS) is 19.9. The molecule has 0 radical (unpaired) electrons. The lowest BCUT2D eigenvalue weighted by Gasteiger charge is -2.43. The van der Waals surface area contributed by atoms with Crippen LogP contribution in [0.3, 0.4) is 0 Å². The van der Waals surface area contributed by atoms with Crippen LogP contribution in [0, 0.1) is 13.8 Å². The number of amides is 1. The number of hydrogen-bond acceptors (Lipinski definition) is 3. The van der Waals surface area contributed by atoms with Crippen molar-refractivity contribution in [2.24, 2.45) is 0 Å². The lowest BCUT2D eigenvalue weighted by atomic mass is 10.0. The minimum atomic E-state index is 0.279. The van der Waals surface area contributed by atoms with Crippen molar-refractivity contribution in [1.29, 1.82) is 0 Å². The van der Waals surface area contributed by atoms with Crippen LogP contribution in [0.4, 0.5) is 0 Å². The third-order valence-corrected chi connectivity index (χ3v) is 4.89. The smallest absolute Gasteiger partial charge is 0.223 e. The fourth-order valence-electron chi connectivity index (χ4n) is 3.47. The molecule has 0 bridgehead atoms. The third kappa shape index (κ3) is 3.69. The summed E-state index contributed by atoms with van der Waals surface area (Å²) in [6, 6.07) is 1.05. The maximum absolute atomic E-state index is 12.5. The minimum Gasteiger partial charge on any atom is -0.340 e. The summed E-state index contributed by atoms with van der Waals surface area (Å²) in [7, 11) is 0. The lowest BCUT2D eigenvalue weighted by molar-refractivity contribution is -0.134. The lowest BCUT2D eigenvalue weighted by Crippen LogP contribution is -2.56. The first-order valence-electron chi connectivity index (χ1n) is 8.48. The summed E-state index contributed by atoms with van der Waals surface area (Å²) in [5.74, 6) is 0.279. The first-order valence-corrected chi connectivity index (χ1v) is 8.48. The molecule has 1 N–H and O–H groups in total. The summed E-state index contributed by atoms with van der Waals surface area (Å²) in [4.78, 5) is 17.1. The Balaban J connectivity index is 1.91. The molecule has 1 fully saturated rings. The van der Waals surface area contributed by atoms with Gasteiger partial charge in [0.15, 0.2) is 0 Å². The van der Waals surface area contributed by atoms with E-state index in [1.54, 1.807) is 0 Å². The van der Waals surface area contributed by atoms with Crippen LogP contribution in [-0.4, -0.2) is 57.6 Å². The number of aromatic nitrogens is 2. The second kappa shape index (κ2) is 7.27. The molecule has 5 heteroatoms. The molecule has 2 rings (SSSR count). The van der Waals surface area contributed by atoms with Crippen molar-refractivity contribution in [3.8, 4) is 0 Å². The number of aryl methyl sites for hydroxylation is 2. The summed E-state index contributed by atoms with van der Waals surface area (Å²) in [6.07, 6.45) is 2.47. The van der Waals surface area contributed by atoms with Gasteiger partial charge in [0.05, 0.1) is 5.69 Å². The zero-order valence-corrected chi connectivity index (χ0v) is 14.6. The maximum Gasteiger partial charge on any atom is 0.223 e. The van der Waals surface area contributed by atoms with Crippen LogP contribution in [0.1, 0.15) is 50.6 Å². The van der Waals surface area contributed by atoms with Gasteiger partial charge in [0.1, 0.15) is 0 Å². The molecule has 0 saturated carbocycles. The van der Waals surface area contributed by atoms with Gasteiger partial charge < -0.3 is 4.90 Å². The van der Waals surface area contributed by atoms with Crippen molar-refractivity contribution < 1.29 is 4.79 Å². The molecule has 22 heavy (non-hydrogen) atoms. The Morgan fingerprint density at radius 2 is 2.09 bits per heavy atom. The Morgan fingerprint density at radius 1 is 1.36 bits per heavy atom. The van der Waals surface area contributed by atoms with E-state index in [1.165, 1.54) is 5.56 Å². The van der Waals surface area contributed by atoms with Gasteiger partial charge in [-0.3, -0.25) is 14.8 Å². The summed E-state index contributed by atoms with van der Waals surface area (Å²) >= 11 is 0. The molecule has 0 spiro atoms. The molecule has 0 aliphatic carbocycles. The van der Waals surface area contributed by atoms with Crippen molar-refractivity contribution in [2.45, 2.75) is 66.0 Å². The average Bonchev–Trinajstić information content (AvgIpc) is 2.82. The topological polar surface area (TPSA) is 52.2 Å². The van der Waals surface area contributed by atoms with Crippen molar-refractivity contribution in [2.75, 3.05) is 19.6 Å². The van der Waals surface area contributed by atoms with Crippen LogP contribution in [0.5, 0.6) is 0 Å². The Labute approximate surface area is 134 Å². The number of nitrogens with zero attached hydrogens (tertiary/aromatic N) is 3. The van der Waals surface area contributed by atoms with Gasteiger partial charge in [0.2, 0.25) is 5.91 Å². The summed E-state index contributed by atoms with van der Waals surface area (Å²) in [5, 5.41) is 7.20. The zero-order valence-electron chi connectivity index (χ0n) is 14.6. The highest BCUT2D eigenvalue weighted by Gasteiger charge is 2.29.